The van der Waals surface area contributed by atoms with Crippen LogP contribution in [0.1, 0.15) is 28.7 Å². The lowest BCUT2D eigenvalue weighted by Gasteiger charge is -2.17. The molecule has 0 radical (unpaired) electrons. The molecule has 1 aromatic heterocycles. The number of likely N-dealkylation sites (N-methyl/N-ethyl adjacent to an activating group) is 1. The SMILES string of the molecule is Cc1[nH]c(CNC(C)C(=O)N(C)C)cc1C(=O)O. The fourth-order valence-corrected chi connectivity index (χ4v) is 1.68. The molecular weight excluding hydrogens is 234 g/mol. The highest BCUT2D eigenvalue weighted by Gasteiger charge is 2.15. The summed E-state index contributed by atoms with van der Waals surface area (Å²) in [6.45, 7) is 3.91. The fourth-order valence-electron chi connectivity index (χ4n) is 1.68. The maximum Gasteiger partial charge on any atom is 0.337 e. The van der Waals surface area contributed by atoms with Crippen LogP contribution >= 0.6 is 0 Å². The lowest BCUT2D eigenvalue weighted by atomic mass is 10.2. The predicted octanol–water partition coefficient (Wildman–Crippen LogP) is 0.588. The summed E-state index contributed by atoms with van der Waals surface area (Å²) in [5.41, 5.74) is 1.63. The lowest BCUT2D eigenvalue weighted by molar-refractivity contribution is -0.130. The van der Waals surface area contributed by atoms with E-state index in [1.165, 1.54) is 4.90 Å². The third-order valence-electron chi connectivity index (χ3n) is 2.71. The maximum atomic E-state index is 11.6. The lowest BCUT2D eigenvalue weighted by Crippen LogP contribution is -2.41. The Kier molecular flexibility index (Phi) is 4.49. The minimum absolute atomic E-state index is 0.0169. The van der Waals surface area contributed by atoms with E-state index >= 15 is 0 Å². The van der Waals surface area contributed by atoms with E-state index in [1.54, 1.807) is 34.0 Å². The molecule has 1 atom stereocenters. The van der Waals surface area contributed by atoms with E-state index in [1.807, 2.05) is 0 Å². The van der Waals surface area contributed by atoms with E-state index in [0.29, 0.717) is 12.2 Å². The molecule has 0 aliphatic rings. The van der Waals surface area contributed by atoms with Crippen LogP contribution in [-0.4, -0.2) is 47.0 Å². The number of carbonyl (C=O) groups excluding carboxylic acids is 1. The number of rotatable bonds is 5. The first-order chi connectivity index (χ1) is 8.32. The van der Waals surface area contributed by atoms with Crippen LogP contribution in [0.3, 0.4) is 0 Å². The number of aromatic carboxylic acids is 1. The molecule has 100 valence electrons. The molecule has 0 aliphatic heterocycles. The molecule has 0 saturated heterocycles. The third-order valence-corrected chi connectivity index (χ3v) is 2.71. The monoisotopic (exact) mass is 253 g/mol. The molecule has 0 bridgehead atoms. The van der Waals surface area contributed by atoms with Gasteiger partial charge in [0, 0.05) is 32.0 Å². The first kappa shape index (κ1) is 14.2. The zero-order valence-electron chi connectivity index (χ0n) is 11.1. The number of hydrogen-bond donors (Lipinski definition) is 3. The van der Waals surface area contributed by atoms with E-state index in [2.05, 4.69) is 10.3 Å². The van der Waals surface area contributed by atoms with Crippen molar-refractivity contribution in [3.05, 3.63) is 23.0 Å². The summed E-state index contributed by atoms with van der Waals surface area (Å²) in [4.78, 5) is 27.0. The molecule has 1 unspecified atom stereocenters. The summed E-state index contributed by atoms with van der Waals surface area (Å²) in [7, 11) is 3.39. The molecule has 1 amide bonds. The fraction of sp³-hybridized carbons (Fsp3) is 0.500. The van der Waals surface area contributed by atoms with Crippen molar-refractivity contribution in [3.63, 3.8) is 0 Å². The van der Waals surface area contributed by atoms with Gasteiger partial charge in [-0.15, -0.1) is 0 Å². The highest BCUT2D eigenvalue weighted by molar-refractivity contribution is 5.89. The molecule has 0 spiro atoms. The first-order valence-corrected chi connectivity index (χ1v) is 5.69. The highest BCUT2D eigenvalue weighted by atomic mass is 16.4. The number of nitrogens with zero attached hydrogens (tertiary/aromatic N) is 1. The topological polar surface area (TPSA) is 85.4 Å². The molecule has 0 fully saturated rings. The van der Waals surface area contributed by atoms with Gasteiger partial charge < -0.3 is 20.3 Å². The van der Waals surface area contributed by atoms with Crippen LogP contribution in [-0.2, 0) is 11.3 Å². The predicted molar refractivity (Wildman–Crippen MR) is 67.5 cm³/mol. The van der Waals surface area contributed by atoms with E-state index in [0.717, 1.165) is 5.69 Å². The maximum absolute atomic E-state index is 11.6. The van der Waals surface area contributed by atoms with Gasteiger partial charge in [-0.1, -0.05) is 0 Å². The van der Waals surface area contributed by atoms with Crippen LogP contribution in [0.5, 0.6) is 0 Å². The van der Waals surface area contributed by atoms with Crippen LogP contribution in [0.15, 0.2) is 6.07 Å². The van der Waals surface area contributed by atoms with Crippen molar-refractivity contribution in [3.8, 4) is 0 Å². The number of carboxylic acids is 1. The number of H-pyrrole nitrogens is 1. The minimum Gasteiger partial charge on any atom is -0.478 e. The largest absolute Gasteiger partial charge is 0.478 e. The number of aromatic amines is 1. The van der Waals surface area contributed by atoms with Gasteiger partial charge in [-0.25, -0.2) is 4.79 Å². The van der Waals surface area contributed by atoms with Gasteiger partial charge in [-0.05, 0) is 19.9 Å². The highest BCUT2D eigenvalue weighted by Crippen LogP contribution is 2.10. The van der Waals surface area contributed by atoms with Crippen molar-refractivity contribution in [2.24, 2.45) is 0 Å². The average molecular weight is 253 g/mol. The Labute approximate surface area is 106 Å². The Hall–Kier alpha value is -1.82. The zero-order valence-corrected chi connectivity index (χ0v) is 11.1. The molecule has 6 heteroatoms. The number of aryl methyl sites for hydroxylation is 1. The van der Waals surface area contributed by atoms with E-state index in [9.17, 15) is 9.59 Å². The molecule has 0 aliphatic carbocycles. The second kappa shape index (κ2) is 5.68. The Morgan fingerprint density at radius 3 is 2.56 bits per heavy atom. The number of aromatic nitrogens is 1. The summed E-state index contributed by atoms with van der Waals surface area (Å²) < 4.78 is 0. The normalized spacial score (nSPS) is 12.2. The first-order valence-electron chi connectivity index (χ1n) is 5.69. The summed E-state index contributed by atoms with van der Waals surface area (Å²) in [5.74, 6) is -0.968. The molecule has 1 heterocycles. The van der Waals surface area contributed by atoms with Gasteiger partial charge >= 0.3 is 5.97 Å². The Balaban J connectivity index is 2.62. The Bertz CT molecular complexity index is 451. The van der Waals surface area contributed by atoms with Crippen molar-refractivity contribution in [2.45, 2.75) is 26.4 Å². The molecule has 0 aromatic carbocycles. The van der Waals surface area contributed by atoms with Crippen molar-refractivity contribution >= 4 is 11.9 Å². The van der Waals surface area contributed by atoms with Crippen LogP contribution in [0.4, 0.5) is 0 Å². The second-order valence-corrected chi connectivity index (χ2v) is 4.47. The number of nitrogens with one attached hydrogen (secondary N) is 2. The van der Waals surface area contributed by atoms with Crippen LogP contribution < -0.4 is 5.32 Å². The molecule has 6 nitrogen and oxygen atoms in total. The molecule has 1 aromatic rings. The average Bonchev–Trinajstić information content (AvgIpc) is 2.66. The summed E-state index contributed by atoms with van der Waals surface area (Å²) in [6, 6.07) is 1.27. The zero-order chi connectivity index (χ0) is 13.9. The van der Waals surface area contributed by atoms with E-state index in [4.69, 9.17) is 5.11 Å². The Morgan fingerprint density at radius 1 is 1.50 bits per heavy atom. The molecular formula is C12H19N3O3. The minimum atomic E-state index is -0.951. The molecule has 3 N–H and O–H groups in total. The number of hydrogen-bond acceptors (Lipinski definition) is 3. The molecule has 18 heavy (non-hydrogen) atoms. The van der Waals surface area contributed by atoms with Crippen molar-refractivity contribution in [2.75, 3.05) is 14.1 Å². The smallest absolute Gasteiger partial charge is 0.337 e. The van der Waals surface area contributed by atoms with Gasteiger partial charge in [-0.3, -0.25) is 4.79 Å². The quantitative estimate of drug-likeness (QED) is 0.717. The Morgan fingerprint density at radius 2 is 2.11 bits per heavy atom. The van der Waals surface area contributed by atoms with E-state index in [-0.39, 0.29) is 17.5 Å². The van der Waals surface area contributed by atoms with Gasteiger partial charge in [0.05, 0.1) is 11.6 Å². The van der Waals surface area contributed by atoms with Crippen molar-refractivity contribution < 1.29 is 14.7 Å². The number of amides is 1. The third kappa shape index (κ3) is 3.33. The number of carbonyl (C=O) groups is 2. The van der Waals surface area contributed by atoms with Crippen LogP contribution in [0.2, 0.25) is 0 Å². The van der Waals surface area contributed by atoms with Crippen molar-refractivity contribution in [1.82, 2.24) is 15.2 Å². The second-order valence-electron chi connectivity index (χ2n) is 4.47. The number of carboxylic acid groups (broad SMARTS) is 1. The summed E-state index contributed by atoms with van der Waals surface area (Å²) >= 11 is 0. The van der Waals surface area contributed by atoms with Gasteiger partial charge in [0.2, 0.25) is 5.91 Å². The summed E-state index contributed by atoms with van der Waals surface area (Å²) in [5, 5.41) is 12.0. The standard InChI is InChI=1S/C12H19N3O3/c1-7-10(12(17)18)5-9(14-7)6-13-8(2)11(16)15(3)4/h5,8,13-14H,6H2,1-4H3,(H,17,18). The van der Waals surface area contributed by atoms with Gasteiger partial charge in [0.1, 0.15) is 0 Å². The van der Waals surface area contributed by atoms with Crippen LogP contribution in [0.25, 0.3) is 0 Å². The molecule has 0 saturated carbocycles. The van der Waals surface area contributed by atoms with Crippen molar-refractivity contribution in [1.29, 1.82) is 0 Å². The van der Waals surface area contributed by atoms with E-state index < -0.39 is 5.97 Å². The van der Waals surface area contributed by atoms with Crippen LogP contribution in [0, 0.1) is 6.92 Å². The summed E-state index contributed by atoms with van der Waals surface area (Å²) in [6.07, 6.45) is 0. The van der Waals surface area contributed by atoms with Gasteiger partial charge in [0.25, 0.3) is 0 Å². The van der Waals surface area contributed by atoms with Gasteiger partial charge in [0.15, 0.2) is 0 Å². The van der Waals surface area contributed by atoms with Gasteiger partial charge in [-0.2, -0.15) is 0 Å². The molecule has 1 rings (SSSR count).